The third-order valence-electron chi connectivity index (χ3n) is 2.79. The minimum atomic E-state index is -0.381. The molecule has 0 saturated heterocycles. The zero-order valence-corrected chi connectivity index (χ0v) is 10.6. The zero-order chi connectivity index (χ0) is 13.2. The molecule has 0 atom stereocenters. The molecule has 0 spiro atoms. The minimum absolute atomic E-state index is 0.0607. The maximum Gasteiger partial charge on any atom is 0.231 e. The number of fused-ring (bicyclic) bond motifs is 1. The predicted octanol–water partition coefficient (Wildman–Crippen LogP) is 3.79. The molecule has 0 unspecified atom stereocenters. The van der Waals surface area contributed by atoms with Gasteiger partial charge in [0, 0.05) is 11.6 Å². The van der Waals surface area contributed by atoms with Crippen molar-refractivity contribution in [2.24, 2.45) is 0 Å². The van der Waals surface area contributed by atoms with Gasteiger partial charge >= 0.3 is 0 Å². The fourth-order valence-corrected chi connectivity index (χ4v) is 2.01. The average molecular weight is 281 g/mol. The van der Waals surface area contributed by atoms with Crippen molar-refractivity contribution in [3.63, 3.8) is 0 Å². The largest absolute Gasteiger partial charge is 0.489 e. The van der Waals surface area contributed by atoms with Gasteiger partial charge in [0.15, 0.2) is 11.5 Å². The summed E-state index contributed by atoms with van der Waals surface area (Å²) in [5, 5.41) is 0.348. The Morgan fingerprint density at radius 2 is 2.00 bits per heavy atom. The van der Waals surface area contributed by atoms with Crippen LogP contribution in [0.3, 0.4) is 0 Å². The Balaban J connectivity index is 1.76. The first-order valence-electron chi connectivity index (χ1n) is 5.69. The number of ether oxygens (including phenoxy) is 3. The summed E-state index contributed by atoms with van der Waals surface area (Å²) in [6, 6.07) is 9.73. The lowest BCUT2D eigenvalue weighted by Gasteiger charge is -2.09. The summed E-state index contributed by atoms with van der Waals surface area (Å²) in [4.78, 5) is 0. The molecule has 0 aliphatic carbocycles. The van der Waals surface area contributed by atoms with Crippen LogP contribution in [0.2, 0.25) is 5.02 Å². The third kappa shape index (κ3) is 2.44. The van der Waals surface area contributed by atoms with Gasteiger partial charge in [-0.1, -0.05) is 17.7 Å². The second kappa shape index (κ2) is 4.97. The van der Waals surface area contributed by atoms with Gasteiger partial charge in [0.1, 0.15) is 18.2 Å². The summed E-state index contributed by atoms with van der Waals surface area (Å²) in [6.45, 7) is 0.267. The Bertz CT molecular complexity index is 595. The first-order valence-corrected chi connectivity index (χ1v) is 6.07. The van der Waals surface area contributed by atoms with Crippen molar-refractivity contribution in [3.05, 3.63) is 52.8 Å². The molecule has 2 aromatic rings. The van der Waals surface area contributed by atoms with Crippen LogP contribution in [0.5, 0.6) is 17.2 Å². The van der Waals surface area contributed by atoms with Crippen LogP contribution in [0.25, 0.3) is 0 Å². The van der Waals surface area contributed by atoms with Gasteiger partial charge in [-0.25, -0.2) is 4.39 Å². The summed E-state index contributed by atoms with van der Waals surface area (Å²) in [5.74, 6) is 1.49. The van der Waals surface area contributed by atoms with Gasteiger partial charge in [-0.15, -0.1) is 0 Å². The van der Waals surface area contributed by atoms with Crippen LogP contribution in [0.15, 0.2) is 36.4 Å². The van der Waals surface area contributed by atoms with Gasteiger partial charge in [-0.2, -0.15) is 0 Å². The Labute approximate surface area is 114 Å². The smallest absolute Gasteiger partial charge is 0.231 e. The minimum Gasteiger partial charge on any atom is -0.489 e. The van der Waals surface area contributed by atoms with E-state index in [4.69, 9.17) is 25.8 Å². The van der Waals surface area contributed by atoms with E-state index in [1.54, 1.807) is 30.3 Å². The monoisotopic (exact) mass is 280 g/mol. The van der Waals surface area contributed by atoms with E-state index in [0.29, 0.717) is 27.8 Å². The van der Waals surface area contributed by atoms with Crippen LogP contribution in [0.4, 0.5) is 4.39 Å². The zero-order valence-electron chi connectivity index (χ0n) is 9.86. The number of rotatable bonds is 3. The van der Waals surface area contributed by atoms with Crippen molar-refractivity contribution < 1.29 is 18.6 Å². The highest BCUT2D eigenvalue weighted by molar-refractivity contribution is 6.31. The molecule has 3 nitrogen and oxygen atoms in total. The van der Waals surface area contributed by atoms with Gasteiger partial charge in [0.05, 0.1) is 5.02 Å². The lowest BCUT2D eigenvalue weighted by molar-refractivity contribution is 0.173. The van der Waals surface area contributed by atoms with Crippen LogP contribution in [-0.4, -0.2) is 6.79 Å². The van der Waals surface area contributed by atoms with E-state index in [9.17, 15) is 4.39 Å². The third-order valence-corrected chi connectivity index (χ3v) is 3.14. The molecule has 0 fully saturated rings. The van der Waals surface area contributed by atoms with Crippen LogP contribution in [0, 0.1) is 5.82 Å². The van der Waals surface area contributed by atoms with Gasteiger partial charge in [0.25, 0.3) is 0 Å². The Hall–Kier alpha value is -1.94. The van der Waals surface area contributed by atoms with Crippen molar-refractivity contribution in [1.82, 2.24) is 0 Å². The summed E-state index contributed by atoms with van der Waals surface area (Å²) < 4.78 is 29.5. The van der Waals surface area contributed by atoms with E-state index in [1.165, 1.54) is 6.07 Å². The fraction of sp³-hybridized carbons (Fsp3) is 0.143. The SMILES string of the molecule is Fc1cccc(Cl)c1COc1ccc2c(c1)OCO2. The van der Waals surface area contributed by atoms with Crippen molar-refractivity contribution in [2.45, 2.75) is 6.61 Å². The summed E-state index contributed by atoms with van der Waals surface area (Å²) in [7, 11) is 0. The van der Waals surface area contributed by atoms with E-state index in [-0.39, 0.29) is 19.2 Å². The quantitative estimate of drug-likeness (QED) is 0.856. The highest BCUT2D eigenvalue weighted by atomic mass is 35.5. The number of benzene rings is 2. The molecule has 1 heterocycles. The molecule has 1 aliphatic rings. The summed E-state index contributed by atoms with van der Waals surface area (Å²) in [5.41, 5.74) is 0.335. The second-order valence-corrected chi connectivity index (χ2v) is 4.41. The van der Waals surface area contributed by atoms with Gasteiger partial charge < -0.3 is 14.2 Å². The van der Waals surface area contributed by atoms with Crippen molar-refractivity contribution in [2.75, 3.05) is 6.79 Å². The first-order chi connectivity index (χ1) is 9.24. The van der Waals surface area contributed by atoms with Gasteiger partial charge in [-0.05, 0) is 24.3 Å². The summed E-state index contributed by atoms with van der Waals surface area (Å²) >= 11 is 5.92. The van der Waals surface area contributed by atoms with E-state index in [0.717, 1.165) is 0 Å². The van der Waals surface area contributed by atoms with Crippen LogP contribution < -0.4 is 14.2 Å². The van der Waals surface area contributed by atoms with E-state index in [1.807, 2.05) is 0 Å². The van der Waals surface area contributed by atoms with E-state index >= 15 is 0 Å². The molecule has 19 heavy (non-hydrogen) atoms. The number of halogens is 2. The fourth-order valence-electron chi connectivity index (χ4n) is 1.79. The molecule has 98 valence electrons. The number of hydrogen-bond acceptors (Lipinski definition) is 3. The lowest BCUT2D eigenvalue weighted by Crippen LogP contribution is -1.99. The van der Waals surface area contributed by atoms with Crippen LogP contribution >= 0.6 is 11.6 Å². The van der Waals surface area contributed by atoms with E-state index < -0.39 is 0 Å². The molecule has 0 bridgehead atoms. The molecule has 0 radical (unpaired) electrons. The maximum absolute atomic E-state index is 13.6. The average Bonchev–Trinajstić information content (AvgIpc) is 2.85. The molecular formula is C14H10ClFO3. The maximum atomic E-state index is 13.6. The molecule has 5 heteroatoms. The standard InChI is InChI=1S/C14H10ClFO3/c15-11-2-1-3-12(16)10(11)7-17-9-4-5-13-14(6-9)19-8-18-13/h1-6H,7-8H2. The van der Waals surface area contributed by atoms with Crippen molar-refractivity contribution in [3.8, 4) is 17.2 Å². The molecule has 0 N–H and O–H groups in total. The molecule has 0 saturated carbocycles. The highest BCUT2D eigenvalue weighted by Crippen LogP contribution is 2.35. The van der Waals surface area contributed by atoms with Gasteiger partial charge in [-0.3, -0.25) is 0 Å². The second-order valence-electron chi connectivity index (χ2n) is 4.00. The van der Waals surface area contributed by atoms with Crippen LogP contribution in [-0.2, 0) is 6.61 Å². The number of hydrogen-bond donors (Lipinski definition) is 0. The van der Waals surface area contributed by atoms with Crippen molar-refractivity contribution in [1.29, 1.82) is 0 Å². The first kappa shape index (κ1) is 12.1. The molecule has 2 aromatic carbocycles. The normalized spacial score (nSPS) is 12.5. The van der Waals surface area contributed by atoms with Crippen LogP contribution in [0.1, 0.15) is 5.56 Å². The Morgan fingerprint density at radius 3 is 2.84 bits per heavy atom. The molecule has 3 rings (SSSR count). The molecular weight excluding hydrogens is 271 g/mol. The Kier molecular flexibility index (Phi) is 3.17. The molecule has 1 aliphatic heterocycles. The van der Waals surface area contributed by atoms with Gasteiger partial charge in [0.2, 0.25) is 6.79 Å². The Morgan fingerprint density at radius 1 is 1.16 bits per heavy atom. The topological polar surface area (TPSA) is 27.7 Å². The molecule has 0 amide bonds. The van der Waals surface area contributed by atoms with Crippen molar-refractivity contribution >= 4 is 11.6 Å². The highest BCUT2D eigenvalue weighted by Gasteiger charge is 2.14. The summed E-state index contributed by atoms with van der Waals surface area (Å²) in [6.07, 6.45) is 0. The lowest BCUT2D eigenvalue weighted by atomic mass is 10.2. The predicted molar refractivity (Wildman–Crippen MR) is 68.3 cm³/mol. The van der Waals surface area contributed by atoms with E-state index in [2.05, 4.69) is 0 Å². The molecule has 0 aromatic heterocycles.